The smallest absolute Gasteiger partial charge is 0.306 e. The van der Waals surface area contributed by atoms with Gasteiger partial charge in [-0.1, -0.05) is 26.0 Å². The summed E-state index contributed by atoms with van der Waals surface area (Å²) in [5.41, 5.74) is 0. The Morgan fingerprint density at radius 2 is 1.57 bits per heavy atom. The molecule has 0 saturated carbocycles. The Bertz CT molecular complexity index is 338. The summed E-state index contributed by atoms with van der Waals surface area (Å²) in [6.45, 7) is 12.1. The number of esters is 1. The highest BCUT2D eigenvalue weighted by Gasteiger charge is 2.07. The van der Waals surface area contributed by atoms with Crippen LogP contribution in [0, 0.1) is 11.8 Å². The average Bonchev–Trinajstić information content (AvgIpc) is 2.55. The molecule has 0 bridgehead atoms. The van der Waals surface area contributed by atoms with Gasteiger partial charge in [0, 0.05) is 6.61 Å². The Kier molecular flexibility index (Phi) is 17.2. The first-order valence-corrected chi connectivity index (χ1v) is 8.18. The highest BCUT2D eigenvalue weighted by atomic mass is 16.5. The molecule has 0 saturated heterocycles. The van der Waals surface area contributed by atoms with Gasteiger partial charge in [0.25, 0.3) is 0 Å². The summed E-state index contributed by atoms with van der Waals surface area (Å²) >= 11 is 0. The Morgan fingerprint density at radius 3 is 1.91 bits per heavy atom. The van der Waals surface area contributed by atoms with Gasteiger partial charge in [-0.05, 0) is 37.5 Å². The first-order chi connectivity index (χ1) is 10.9. The van der Waals surface area contributed by atoms with E-state index < -0.39 is 11.9 Å². The van der Waals surface area contributed by atoms with Gasteiger partial charge in [0.2, 0.25) is 0 Å². The molecule has 5 heteroatoms. The standard InChI is InChI=1S/C11H18O4.C7H14O/c1-3-9(4-2)7-8-15-11(14)6-5-10(12)13;1-3-7(4-2)5-6-8/h3,9H,1,4-8H2,2H3,(H,12,13);3,7-8H,1,4-6H2,2H3. The Balaban J connectivity index is 0. The van der Waals surface area contributed by atoms with Gasteiger partial charge in [0.1, 0.15) is 0 Å². The molecule has 134 valence electrons. The first-order valence-electron chi connectivity index (χ1n) is 8.18. The molecule has 5 nitrogen and oxygen atoms in total. The number of aliphatic carboxylic acids is 1. The summed E-state index contributed by atoms with van der Waals surface area (Å²) in [5.74, 6) is -0.557. The minimum absolute atomic E-state index is 0.0553. The van der Waals surface area contributed by atoms with E-state index in [9.17, 15) is 9.59 Å². The van der Waals surface area contributed by atoms with Crippen molar-refractivity contribution in [2.45, 2.75) is 52.4 Å². The SMILES string of the molecule is C=CC(CC)CCO.C=CC(CC)CCOC(=O)CCC(=O)O. The third-order valence-corrected chi connectivity index (χ3v) is 3.51. The number of aliphatic hydroxyl groups excluding tert-OH is 1. The predicted molar refractivity (Wildman–Crippen MR) is 92.1 cm³/mol. The monoisotopic (exact) mass is 328 g/mol. The number of ether oxygens (including phenoxy) is 1. The molecule has 0 rings (SSSR count). The number of carbonyl (C=O) groups excluding carboxylic acids is 1. The lowest BCUT2D eigenvalue weighted by atomic mass is 10.0. The topological polar surface area (TPSA) is 83.8 Å². The van der Waals surface area contributed by atoms with Crippen LogP contribution >= 0.6 is 0 Å². The Labute approximate surface area is 140 Å². The Morgan fingerprint density at radius 1 is 1.04 bits per heavy atom. The average molecular weight is 328 g/mol. The van der Waals surface area contributed by atoms with E-state index in [4.69, 9.17) is 14.9 Å². The van der Waals surface area contributed by atoms with Crippen molar-refractivity contribution in [2.75, 3.05) is 13.2 Å². The van der Waals surface area contributed by atoms with E-state index in [1.807, 2.05) is 19.1 Å². The van der Waals surface area contributed by atoms with Crippen LogP contribution in [0.1, 0.15) is 52.4 Å². The molecule has 0 aliphatic heterocycles. The lowest BCUT2D eigenvalue weighted by Gasteiger charge is -2.09. The Hall–Kier alpha value is -1.62. The van der Waals surface area contributed by atoms with Crippen LogP contribution < -0.4 is 0 Å². The molecule has 0 aliphatic rings. The van der Waals surface area contributed by atoms with Crippen LogP contribution in [0.3, 0.4) is 0 Å². The third kappa shape index (κ3) is 16.6. The number of hydrogen-bond acceptors (Lipinski definition) is 4. The van der Waals surface area contributed by atoms with E-state index in [-0.39, 0.29) is 19.4 Å². The van der Waals surface area contributed by atoms with Gasteiger partial charge in [-0.2, -0.15) is 0 Å². The maximum atomic E-state index is 11.0. The molecule has 0 radical (unpaired) electrons. The van der Waals surface area contributed by atoms with Crippen LogP contribution in [0.15, 0.2) is 25.3 Å². The van der Waals surface area contributed by atoms with E-state index in [0.717, 1.165) is 25.7 Å². The number of rotatable bonds is 12. The second-order valence-corrected chi connectivity index (χ2v) is 5.22. The van der Waals surface area contributed by atoms with E-state index in [2.05, 4.69) is 20.1 Å². The summed E-state index contributed by atoms with van der Waals surface area (Å²) in [4.78, 5) is 21.2. The van der Waals surface area contributed by atoms with Crippen molar-refractivity contribution >= 4 is 11.9 Å². The molecule has 0 fully saturated rings. The molecule has 0 aromatic rings. The third-order valence-electron chi connectivity index (χ3n) is 3.51. The van der Waals surface area contributed by atoms with Crippen molar-refractivity contribution in [1.29, 1.82) is 0 Å². The molecular weight excluding hydrogens is 296 g/mol. The first kappa shape index (κ1) is 23.6. The highest BCUT2D eigenvalue weighted by Crippen LogP contribution is 2.09. The van der Waals surface area contributed by atoms with E-state index in [1.165, 1.54) is 0 Å². The van der Waals surface area contributed by atoms with E-state index >= 15 is 0 Å². The molecule has 0 aliphatic carbocycles. The summed E-state index contributed by atoms with van der Waals surface area (Å²) in [5, 5.41) is 16.8. The highest BCUT2D eigenvalue weighted by molar-refractivity contribution is 5.76. The summed E-state index contributed by atoms with van der Waals surface area (Å²) in [7, 11) is 0. The van der Waals surface area contributed by atoms with Gasteiger partial charge in [-0.15, -0.1) is 13.2 Å². The van der Waals surface area contributed by atoms with Gasteiger partial charge >= 0.3 is 11.9 Å². The lowest BCUT2D eigenvalue weighted by Crippen LogP contribution is -2.10. The van der Waals surface area contributed by atoms with Crippen molar-refractivity contribution in [2.24, 2.45) is 11.8 Å². The van der Waals surface area contributed by atoms with Crippen molar-refractivity contribution < 1.29 is 24.5 Å². The van der Waals surface area contributed by atoms with Crippen LogP contribution in [0.4, 0.5) is 0 Å². The van der Waals surface area contributed by atoms with Crippen LogP contribution in [-0.2, 0) is 14.3 Å². The number of carboxylic acid groups (broad SMARTS) is 1. The minimum atomic E-state index is -0.982. The summed E-state index contributed by atoms with van der Waals surface area (Å²) in [6, 6.07) is 0. The van der Waals surface area contributed by atoms with E-state index in [0.29, 0.717) is 18.4 Å². The van der Waals surface area contributed by atoms with Gasteiger partial charge < -0.3 is 14.9 Å². The van der Waals surface area contributed by atoms with Crippen molar-refractivity contribution in [3.05, 3.63) is 25.3 Å². The maximum absolute atomic E-state index is 11.0. The molecule has 2 N–H and O–H groups in total. The minimum Gasteiger partial charge on any atom is -0.481 e. The number of carboxylic acids is 1. The van der Waals surface area contributed by atoms with Gasteiger partial charge in [-0.25, -0.2) is 0 Å². The zero-order chi connectivity index (χ0) is 18.1. The summed E-state index contributed by atoms with van der Waals surface area (Å²) in [6.07, 6.45) is 7.18. The lowest BCUT2D eigenvalue weighted by molar-refractivity contribution is -0.147. The van der Waals surface area contributed by atoms with Crippen LogP contribution in [0.2, 0.25) is 0 Å². The quantitative estimate of drug-likeness (QED) is 0.422. The van der Waals surface area contributed by atoms with Crippen LogP contribution in [-0.4, -0.2) is 35.4 Å². The molecule has 23 heavy (non-hydrogen) atoms. The van der Waals surface area contributed by atoms with Crippen molar-refractivity contribution in [1.82, 2.24) is 0 Å². The van der Waals surface area contributed by atoms with Crippen molar-refractivity contribution in [3.8, 4) is 0 Å². The van der Waals surface area contributed by atoms with Crippen molar-refractivity contribution in [3.63, 3.8) is 0 Å². The molecule has 0 spiro atoms. The molecule has 0 aromatic carbocycles. The number of carbonyl (C=O) groups is 2. The van der Waals surface area contributed by atoms with Crippen LogP contribution in [0.5, 0.6) is 0 Å². The molecule has 0 amide bonds. The molecule has 0 heterocycles. The number of allylic oxidation sites excluding steroid dienone is 2. The number of hydrogen-bond donors (Lipinski definition) is 2. The fourth-order valence-corrected chi connectivity index (χ4v) is 1.75. The molecule has 2 unspecified atom stereocenters. The molecular formula is C18H32O5. The molecule has 2 atom stereocenters. The van der Waals surface area contributed by atoms with Gasteiger partial charge in [0.15, 0.2) is 0 Å². The zero-order valence-corrected chi connectivity index (χ0v) is 14.5. The number of aliphatic hydroxyl groups is 1. The maximum Gasteiger partial charge on any atom is 0.306 e. The predicted octanol–water partition coefficient (Wildman–Crippen LogP) is 3.58. The van der Waals surface area contributed by atoms with Gasteiger partial charge in [0.05, 0.1) is 19.4 Å². The molecule has 0 aromatic heterocycles. The fraction of sp³-hybridized carbons (Fsp3) is 0.667. The zero-order valence-electron chi connectivity index (χ0n) is 14.5. The van der Waals surface area contributed by atoms with Gasteiger partial charge in [-0.3, -0.25) is 9.59 Å². The second-order valence-electron chi connectivity index (χ2n) is 5.22. The normalized spacial score (nSPS) is 12.3. The largest absolute Gasteiger partial charge is 0.481 e. The second kappa shape index (κ2) is 16.7. The van der Waals surface area contributed by atoms with Crippen LogP contribution in [0.25, 0.3) is 0 Å². The fourth-order valence-electron chi connectivity index (χ4n) is 1.75. The summed E-state index contributed by atoms with van der Waals surface area (Å²) < 4.78 is 4.88. The van der Waals surface area contributed by atoms with E-state index in [1.54, 1.807) is 0 Å².